The first-order valence-corrected chi connectivity index (χ1v) is 12.7. The molecule has 1 nitrogen and oxygen atoms in total. The van der Waals surface area contributed by atoms with Crippen molar-refractivity contribution in [2.75, 3.05) is 6.61 Å². The standard InChI is InChI=1S/C31H32F4O/c1-3-5-20-7-11-22(12-8-20)25-17-18-27(31(35)29(25)33)26-16-14-23(28(32)30(26)34)13-9-21-10-15-24(6-4-2)36-19-21/h4,6-8,11-12,14,16-18,21,24H,3,5,9-10,13,15,19H2,1-2H3. The van der Waals surface area contributed by atoms with Crippen molar-refractivity contribution in [3.05, 3.63) is 95.1 Å². The van der Waals surface area contributed by atoms with Crippen molar-refractivity contribution in [2.24, 2.45) is 5.92 Å². The van der Waals surface area contributed by atoms with E-state index in [1.165, 1.54) is 24.3 Å². The summed E-state index contributed by atoms with van der Waals surface area (Å²) in [5.41, 5.74) is 1.39. The van der Waals surface area contributed by atoms with Crippen molar-refractivity contribution in [3.8, 4) is 22.3 Å². The molecule has 3 aromatic rings. The van der Waals surface area contributed by atoms with Gasteiger partial charge in [-0.15, -0.1) is 0 Å². The minimum absolute atomic E-state index is 0.0863. The van der Waals surface area contributed by atoms with Gasteiger partial charge in [-0.3, -0.25) is 0 Å². The van der Waals surface area contributed by atoms with E-state index in [1.807, 2.05) is 31.2 Å². The molecule has 36 heavy (non-hydrogen) atoms. The maximum Gasteiger partial charge on any atom is 0.167 e. The van der Waals surface area contributed by atoms with Crippen molar-refractivity contribution in [1.29, 1.82) is 0 Å². The zero-order chi connectivity index (χ0) is 25.7. The van der Waals surface area contributed by atoms with Gasteiger partial charge < -0.3 is 4.74 Å². The predicted octanol–water partition coefficient (Wildman–Crippen LogP) is 8.83. The summed E-state index contributed by atoms with van der Waals surface area (Å²) in [6, 6.07) is 12.8. The van der Waals surface area contributed by atoms with Gasteiger partial charge in [-0.05, 0) is 61.6 Å². The predicted molar refractivity (Wildman–Crippen MR) is 137 cm³/mol. The molecule has 1 aliphatic heterocycles. The van der Waals surface area contributed by atoms with Crippen molar-refractivity contribution >= 4 is 0 Å². The number of rotatable bonds is 8. The van der Waals surface area contributed by atoms with Crippen LogP contribution < -0.4 is 0 Å². The van der Waals surface area contributed by atoms with Gasteiger partial charge in [0.05, 0.1) is 12.7 Å². The Kier molecular flexibility index (Phi) is 8.63. The fraction of sp³-hybridized carbons (Fsp3) is 0.355. The second-order valence-electron chi connectivity index (χ2n) is 9.52. The lowest BCUT2D eigenvalue weighted by Gasteiger charge is -2.27. The van der Waals surface area contributed by atoms with Crippen LogP contribution in [0.1, 0.15) is 50.7 Å². The van der Waals surface area contributed by atoms with Gasteiger partial charge in [0.1, 0.15) is 0 Å². The van der Waals surface area contributed by atoms with E-state index in [9.17, 15) is 8.78 Å². The van der Waals surface area contributed by atoms with Crippen LogP contribution >= 0.6 is 0 Å². The molecule has 0 saturated carbocycles. The van der Waals surface area contributed by atoms with Gasteiger partial charge in [0.25, 0.3) is 0 Å². The van der Waals surface area contributed by atoms with Crippen molar-refractivity contribution < 1.29 is 22.3 Å². The molecule has 1 fully saturated rings. The van der Waals surface area contributed by atoms with Gasteiger partial charge in [0, 0.05) is 16.7 Å². The van der Waals surface area contributed by atoms with Crippen LogP contribution in [0, 0.1) is 29.2 Å². The number of hydrogen-bond acceptors (Lipinski definition) is 1. The monoisotopic (exact) mass is 496 g/mol. The fourth-order valence-electron chi connectivity index (χ4n) is 4.89. The molecule has 3 aromatic carbocycles. The minimum atomic E-state index is -1.19. The SMILES string of the molecule is CC=CC1CCC(CCc2ccc(-c3ccc(-c4ccc(CCC)cc4)c(F)c3F)c(F)c2F)CO1. The van der Waals surface area contributed by atoms with Crippen molar-refractivity contribution in [1.82, 2.24) is 0 Å². The summed E-state index contributed by atoms with van der Waals surface area (Å²) in [6.07, 6.45) is 8.93. The summed E-state index contributed by atoms with van der Waals surface area (Å²) in [6.45, 7) is 4.62. The van der Waals surface area contributed by atoms with Gasteiger partial charge in [-0.25, -0.2) is 17.6 Å². The Balaban J connectivity index is 1.50. The highest BCUT2D eigenvalue weighted by atomic mass is 19.2. The average molecular weight is 497 g/mol. The molecule has 0 N–H and O–H groups in total. The highest BCUT2D eigenvalue weighted by Gasteiger charge is 2.23. The molecule has 1 heterocycles. The maximum absolute atomic E-state index is 15.0. The fourth-order valence-corrected chi connectivity index (χ4v) is 4.89. The lowest BCUT2D eigenvalue weighted by atomic mass is 9.91. The molecular weight excluding hydrogens is 464 g/mol. The third kappa shape index (κ3) is 5.73. The highest BCUT2D eigenvalue weighted by Crippen LogP contribution is 2.34. The minimum Gasteiger partial charge on any atom is -0.374 e. The first kappa shape index (κ1) is 26.2. The number of ether oxygens (including phenoxy) is 1. The molecule has 2 unspecified atom stereocenters. The molecule has 190 valence electrons. The Morgan fingerprint density at radius 3 is 2.06 bits per heavy atom. The summed E-state index contributed by atoms with van der Waals surface area (Å²) in [4.78, 5) is 0. The van der Waals surface area contributed by atoms with Crippen LogP contribution in [0.25, 0.3) is 22.3 Å². The van der Waals surface area contributed by atoms with E-state index in [2.05, 4.69) is 6.92 Å². The Morgan fingerprint density at radius 1 is 0.778 bits per heavy atom. The summed E-state index contributed by atoms with van der Waals surface area (Å²) in [7, 11) is 0. The molecule has 5 heteroatoms. The Bertz CT molecular complexity index is 1210. The van der Waals surface area contributed by atoms with Gasteiger partial charge >= 0.3 is 0 Å². The van der Waals surface area contributed by atoms with E-state index in [4.69, 9.17) is 4.74 Å². The quantitative estimate of drug-likeness (QED) is 0.224. The third-order valence-corrected chi connectivity index (χ3v) is 6.97. The number of allylic oxidation sites excluding steroid dienone is 1. The molecule has 0 spiro atoms. The van der Waals surface area contributed by atoms with Gasteiger partial charge in [0.2, 0.25) is 0 Å². The van der Waals surface area contributed by atoms with E-state index in [0.29, 0.717) is 25.0 Å². The van der Waals surface area contributed by atoms with Crippen LogP contribution in [-0.2, 0) is 17.6 Å². The van der Waals surface area contributed by atoms with Crippen LogP contribution in [0.4, 0.5) is 17.6 Å². The zero-order valence-electron chi connectivity index (χ0n) is 20.8. The molecule has 0 aliphatic carbocycles. The zero-order valence-corrected chi connectivity index (χ0v) is 20.8. The highest BCUT2D eigenvalue weighted by molar-refractivity contribution is 5.72. The molecule has 0 bridgehead atoms. The van der Waals surface area contributed by atoms with Crippen LogP contribution in [0.3, 0.4) is 0 Å². The number of halogens is 4. The summed E-state index contributed by atoms with van der Waals surface area (Å²) < 4.78 is 65.7. The molecule has 2 atom stereocenters. The Labute approximate surface area is 210 Å². The maximum atomic E-state index is 15.0. The molecule has 4 rings (SSSR count). The van der Waals surface area contributed by atoms with E-state index >= 15 is 8.78 Å². The number of aryl methyl sites for hydroxylation is 2. The molecule has 0 aromatic heterocycles. The summed E-state index contributed by atoms with van der Waals surface area (Å²) in [5.74, 6) is -4.15. The van der Waals surface area contributed by atoms with Crippen LogP contribution in [0.5, 0.6) is 0 Å². The summed E-state index contributed by atoms with van der Waals surface area (Å²) >= 11 is 0. The van der Waals surface area contributed by atoms with Gasteiger partial charge in [-0.2, -0.15) is 0 Å². The molecule has 0 radical (unpaired) electrons. The van der Waals surface area contributed by atoms with E-state index in [1.54, 1.807) is 12.1 Å². The second-order valence-corrected chi connectivity index (χ2v) is 9.52. The van der Waals surface area contributed by atoms with Gasteiger partial charge in [0.15, 0.2) is 23.3 Å². The molecule has 0 amide bonds. The first-order chi connectivity index (χ1) is 17.4. The lowest BCUT2D eigenvalue weighted by Crippen LogP contribution is -2.24. The van der Waals surface area contributed by atoms with Crippen molar-refractivity contribution in [3.63, 3.8) is 0 Å². The second kappa shape index (κ2) is 11.9. The van der Waals surface area contributed by atoms with E-state index in [-0.39, 0.29) is 34.3 Å². The van der Waals surface area contributed by atoms with E-state index < -0.39 is 23.3 Å². The number of benzene rings is 3. The molecule has 1 saturated heterocycles. The topological polar surface area (TPSA) is 9.23 Å². The van der Waals surface area contributed by atoms with Crippen LogP contribution in [0.15, 0.2) is 60.7 Å². The lowest BCUT2D eigenvalue weighted by molar-refractivity contribution is 0.00856. The van der Waals surface area contributed by atoms with Crippen LogP contribution in [0.2, 0.25) is 0 Å². The first-order valence-electron chi connectivity index (χ1n) is 12.7. The summed E-state index contributed by atoms with van der Waals surface area (Å²) in [5, 5.41) is 0. The Morgan fingerprint density at radius 2 is 1.42 bits per heavy atom. The van der Waals surface area contributed by atoms with Crippen LogP contribution in [-0.4, -0.2) is 12.7 Å². The Hall–Kier alpha value is -2.92. The third-order valence-electron chi connectivity index (χ3n) is 6.97. The number of hydrogen-bond donors (Lipinski definition) is 0. The van der Waals surface area contributed by atoms with Gasteiger partial charge in [-0.1, -0.05) is 74.0 Å². The normalized spacial score (nSPS) is 18.2. The molecule has 1 aliphatic rings. The van der Waals surface area contributed by atoms with Crippen molar-refractivity contribution in [2.45, 2.75) is 58.5 Å². The molecular formula is C31H32F4O. The van der Waals surface area contributed by atoms with E-state index in [0.717, 1.165) is 31.2 Å². The smallest absolute Gasteiger partial charge is 0.167 e. The average Bonchev–Trinajstić information content (AvgIpc) is 2.89. The largest absolute Gasteiger partial charge is 0.374 e.